The van der Waals surface area contributed by atoms with E-state index >= 15 is 0 Å². The van der Waals surface area contributed by atoms with E-state index in [4.69, 9.17) is 0 Å². The minimum absolute atomic E-state index is 0.219. The summed E-state index contributed by atoms with van der Waals surface area (Å²) in [4.78, 5) is 0. The highest BCUT2D eigenvalue weighted by atomic mass is 19.4. The molecule has 1 rings (SSSR count). The lowest BCUT2D eigenvalue weighted by Crippen LogP contribution is -2.26. The van der Waals surface area contributed by atoms with E-state index in [9.17, 15) is 17.6 Å². The maximum Gasteiger partial charge on any atom is 0.419 e. The second-order valence-corrected chi connectivity index (χ2v) is 5.57. The third-order valence-corrected chi connectivity index (χ3v) is 3.17. The molecule has 0 saturated heterocycles. The summed E-state index contributed by atoms with van der Waals surface area (Å²) >= 11 is 0. The van der Waals surface area contributed by atoms with Crippen LogP contribution in [0, 0.1) is 11.7 Å². The lowest BCUT2D eigenvalue weighted by atomic mass is 10.0. The highest BCUT2D eigenvalue weighted by molar-refractivity contribution is 5.27. The van der Waals surface area contributed by atoms with Crippen LogP contribution in [0.1, 0.15) is 44.7 Å². The molecule has 20 heavy (non-hydrogen) atoms. The number of nitrogens with one attached hydrogen (secondary N) is 1. The van der Waals surface area contributed by atoms with Gasteiger partial charge in [0.05, 0.1) is 5.56 Å². The van der Waals surface area contributed by atoms with Crippen LogP contribution >= 0.6 is 0 Å². The van der Waals surface area contributed by atoms with Crippen molar-refractivity contribution in [2.75, 3.05) is 0 Å². The fourth-order valence-electron chi connectivity index (χ4n) is 1.88. The predicted molar refractivity (Wildman–Crippen MR) is 71.8 cm³/mol. The zero-order valence-corrected chi connectivity index (χ0v) is 12.0. The SMILES string of the molecule is CC(C)CCC(C)NCc1ccc(F)c(C(F)(F)F)c1. The Hall–Kier alpha value is -1.10. The maximum absolute atomic E-state index is 13.1. The summed E-state index contributed by atoms with van der Waals surface area (Å²) < 4.78 is 50.9. The second kappa shape index (κ2) is 7.07. The van der Waals surface area contributed by atoms with E-state index in [-0.39, 0.29) is 6.04 Å². The second-order valence-electron chi connectivity index (χ2n) is 5.57. The summed E-state index contributed by atoms with van der Waals surface area (Å²) in [5, 5.41) is 3.16. The average Bonchev–Trinajstić information content (AvgIpc) is 2.33. The average molecular weight is 291 g/mol. The molecule has 1 aromatic rings. The van der Waals surface area contributed by atoms with Gasteiger partial charge in [0.25, 0.3) is 0 Å². The van der Waals surface area contributed by atoms with Gasteiger partial charge in [0.2, 0.25) is 0 Å². The molecule has 1 N–H and O–H groups in total. The van der Waals surface area contributed by atoms with E-state index in [1.54, 1.807) is 0 Å². The van der Waals surface area contributed by atoms with E-state index in [0.29, 0.717) is 18.0 Å². The van der Waals surface area contributed by atoms with Gasteiger partial charge in [0.1, 0.15) is 5.82 Å². The van der Waals surface area contributed by atoms with Gasteiger partial charge >= 0.3 is 6.18 Å². The van der Waals surface area contributed by atoms with Crippen molar-refractivity contribution in [3.63, 3.8) is 0 Å². The summed E-state index contributed by atoms with van der Waals surface area (Å²) in [5.74, 6) is -0.629. The Morgan fingerprint density at radius 3 is 2.30 bits per heavy atom. The van der Waals surface area contributed by atoms with Crippen molar-refractivity contribution in [1.82, 2.24) is 5.32 Å². The molecule has 114 valence electrons. The number of hydrogen-bond donors (Lipinski definition) is 1. The van der Waals surface area contributed by atoms with Crippen LogP contribution in [0.25, 0.3) is 0 Å². The molecule has 0 fully saturated rings. The Balaban J connectivity index is 2.61. The van der Waals surface area contributed by atoms with E-state index in [1.165, 1.54) is 6.07 Å². The lowest BCUT2D eigenvalue weighted by molar-refractivity contribution is -0.140. The van der Waals surface area contributed by atoms with Crippen LogP contribution in [0.5, 0.6) is 0 Å². The Morgan fingerprint density at radius 1 is 1.10 bits per heavy atom. The van der Waals surface area contributed by atoms with Crippen LogP contribution in [0.15, 0.2) is 18.2 Å². The van der Waals surface area contributed by atoms with Gasteiger partial charge in [-0.1, -0.05) is 19.9 Å². The first-order valence-electron chi connectivity index (χ1n) is 6.79. The van der Waals surface area contributed by atoms with Crippen LogP contribution in [0.4, 0.5) is 17.6 Å². The van der Waals surface area contributed by atoms with Gasteiger partial charge in [-0.3, -0.25) is 0 Å². The quantitative estimate of drug-likeness (QED) is 0.745. The van der Waals surface area contributed by atoms with E-state index in [0.717, 1.165) is 25.0 Å². The summed E-state index contributed by atoms with van der Waals surface area (Å²) in [6.07, 6.45) is -2.63. The molecule has 0 heterocycles. The Morgan fingerprint density at radius 2 is 1.75 bits per heavy atom. The van der Waals surface area contributed by atoms with Crippen molar-refractivity contribution in [2.45, 2.75) is 52.4 Å². The van der Waals surface area contributed by atoms with E-state index in [2.05, 4.69) is 19.2 Å². The highest BCUT2D eigenvalue weighted by Crippen LogP contribution is 2.31. The molecule has 1 unspecified atom stereocenters. The molecule has 0 aromatic heterocycles. The molecular weight excluding hydrogens is 270 g/mol. The molecule has 0 aliphatic heterocycles. The first-order valence-corrected chi connectivity index (χ1v) is 6.79. The van der Waals surface area contributed by atoms with Crippen molar-refractivity contribution in [1.29, 1.82) is 0 Å². The summed E-state index contributed by atoms with van der Waals surface area (Å²) in [6.45, 7) is 6.56. The van der Waals surface area contributed by atoms with Crippen molar-refractivity contribution in [2.24, 2.45) is 5.92 Å². The minimum atomic E-state index is -4.65. The minimum Gasteiger partial charge on any atom is -0.310 e. The third kappa shape index (κ3) is 5.49. The lowest BCUT2D eigenvalue weighted by Gasteiger charge is -2.16. The van der Waals surface area contributed by atoms with Crippen molar-refractivity contribution in [3.05, 3.63) is 35.1 Å². The molecule has 0 aliphatic rings. The molecule has 5 heteroatoms. The van der Waals surface area contributed by atoms with Crippen molar-refractivity contribution in [3.8, 4) is 0 Å². The summed E-state index contributed by atoms with van der Waals surface area (Å²) in [7, 11) is 0. The van der Waals surface area contributed by atoms with Crippen molar-refractivity contribution >= 4 is 0 Å². The summed E-state index contributed by atoms with van der Waals surface area (Å²) in [5.41, 5.74) is -0.762. The summed E-state index contributed by atoms with van der Waals surface area (Å²) in [6, 6.07) is 3.35. The van der Waals surface area contributed by atoms with Crippen LogP contribution < -0.4 is 5.32 Å². The molecule has 1 nitrogen and oxygen atoms in total. The maximum atomic E-state index is 13.1. The zero-order chi connectivity index (χ0) is 15.3. The van der Waals surface area contributed by atoms with Gasteiger partial charge in [-0.2, -0.15) is 13.2 Å². The van der Waals surface area contributed by atoms with Gasteiger partial charge < -0.3 is 5.32 Å². The van der Waals surface area contributed by atoms with Gasteiger partial charge in [-0.05, 0) is 43.4 Å². The van der Waals surface area contributed by atoms with Crippen LogP contribution in [-0.4, -0.2) is 6.04 Å². The Kier molecular flexibility index (Phi) is 5.99. The number of rotatable bonds is 6. The molecule has 0 bridgehead atoms. The third-order valence-electron chi connectivity index (χ3n) is 3.17. The van der Waals surface area contributed by atoms with Gasteiger partial charge in [0.15, 0.2) is 0 Å². The normalized spacial score (nSPS) is 13.8. The number of halogens is 4. The van der Waals surface area contributed by atoms with Gasteiger partial charge in [-0.25, -0.2) is 4.39 Å². The smallest absolute Gasteiger partial charge is 0.310 e. The molecule has 0 saturated carbocycles. The largest absolute Gasteiger partial charge is 0.419 e. The molecule has 0 aliphatic carbocycles. The predicted octanol–water partition coefficient (Wildman–Crippen LogP) is 4.76. The van der Waals surface area contributed by atoms with Crippen molar-refractivity contribution < 1.29 is 17.6 Å². The molecule has 0 amide bonds. The fourth-order valence-corrected chi connectivity index (χ4v) is 1.88. The topological polar surface area (TPSA) is 12.0 Å². The Bertz CT molecular complexity index is 426. The molecule has 1 aromatic carbocycles. The number of benzene rings is 1. The molecule has 0 spiro atoms. The zero-order valence-electron chi connectivity index (χ0n) is 12.0. The van der Waals surface area contributed by atoms with E-state index in [1.807, 2.05) is 6.92 Å². The highest BCUT2D eigenvalue weighted by Gasteiger charge is 2.34. The fraction of sp³-hybridized carbons (Fsp3) is 0.600. The molecule has 0 radical (unpaired) electrons. The monoisotopic (exact) mass is 291 g/mol. The van der Waals surface area contributed by atoms with Gasteiger partial charge in [-0.15, -0.1) is 0 Å². The Labute approximate surface area is 117 Å². The van der Waals surface area contributed by atoms with Gasteiger partial charge in [0, 0.05) is 12.6 Å². The number of hydrogen-bond acceptors (Lipinski definition) is 1. The van der Waals surface area contributed by atoms with Crippen LogP contribution in [0.3, 0.4) is 0 Å². The van der Waals surface area contributed by atoms with Crippen LogP contribution in [-0.2, 0) is 12.7 Å². The van der Waals surface area contributed by atoms with Crippen LogP contribution in [0.2, 0.25) is 0 Å². The molecular formula is C15H21F4N. The standard InChI is InChI=1S/C15H21F4N/c1-10(2)4-5-11(3)20-9-12-6-7-14(16)13(8-12)15(17,18)19/h6-8,10-11,20H,4-5,9H2,1-3H3. The first-order chi connectivity index (χ1) is 9.20. The van der Waals surface area contributed by atoms with E-state index < -0.39 is 17.6 Å². The first kappa shape index (κ1) is 17.0. The molecule has 1 atom stereocenters. The number of alkyl halides is 3.